The van der Waals surface area contributed by atoms with Crippen LogP contribution in [0.1, 0.15) is 74.5 Å². The maximum absolute atomic E-state index is 13.2. The predicted molar refractivity (Wildman–Crippen MR) is 160 cm³/mol. The summed E-state index contributed by atoms with van der Waals surface area (Å²) in [6, 6.07) is 11.5. The van der Waals surface area contributed by atoms with Gasteiger partial charge < -0.3 is 29.5 Å². The van der Waals surface area contributed by atoms with Crippen molar-refractivity contribution in [1.82, 2.24) is 4.90 Å². The van der Waals surface area contributed by atoms with Gasteiger partial charge in [-0.1, -0.05) is 49.4 Å². The van der Waals surface area contributed by atoms with Crippen LogP contribution < -0.4 is 9.64 Å². The number of aliphatic carboxylic acids is 1. The average molecular weight is 587 g/mol. The Kier molecular flexibility index (Phi) is 11.3. The maximum atomic E-state index is 13.2. The fourth-order valence-corrected chi connectivity index (χ4v) is 5.88. The third-order valence-corrected chi connectivity index (χ3v) is 8.36. The number of carbonyl (C=O) groups is 2. The summed E-state index contributed by atoms with van der Waals surface area (Å²) >= 11 is 6.30. The zero-order valence-corrected chi connectivity index (χ0v) is 24.8. The Labute approximate surface area is 248 Å². The van der Waals surface area contributed by atoms with E-state index in [2.05, 4.69) is 4.90 Å². The van der Waals surface area contributed by atoms with Crippen LogP contribution >= 0.6 is 11.6 Å². The van der Waals surface area contributed by atoms with E-state index in [0.29, 0.717) is 24.5 Å². The van der Waals surface area contributed by atoms with Gasteiger partial charge in [-0.3, -0.25) is 4.79 Å². The molecule has 224 valence electrons. The molecule has 9 heteroatoms. The first-order chi connectivity index (χ1) is 19.7. The molecule has 0 unspecified atom stereocenters. The van der Waals surface area contributed by atoms with Gasteiger partial charge in [0, 0.05) is 31.7 Å². The Balaban J connectivity index is 1.73. The predicted octanol–water partition coefficient (Wildman–Crippen LogP) is 5.55. The van der Waals surface area contributed by atoms with Gasteiger partial charge in [-0.2, -0.15) is 0 Å². The molecule has 1 amide bonds. The van der Waals surface area contributed by atoms with Gasteiger partial charge in [0.25, 0.3) is 0 Å². The number of amides is 1. The van der Waals surface area contributed by atoms with Crippen LogP contribution in [-0.2, 0) is 33.0 Å². The zero-order chi connectivity index (χ0) is 29.2. The number of nitrogens with zero attached hydrogens (tertiary/aromatic N) is 2. The smallest absolute Gasteiger partial charge is 0.329 e. The van der Waals surface area contributed by atoms with E-state index in [9.17, 15) is 14.7 Å². The van der Waals surface area contributed by atoms with E-state index in [4.69, 9.17) is 26.2 Å². The van der Waals surface area contributed by atoms with Gasteiger partial charge >= 0.3 is 5.97 Å². The lowest BCUT2D eigenvalue weighted by Gasteiger charge is -2.33. The lowest BCUT2D eigenvalue weighted by molar-refractivity contribution is -0.148. The van der Waals surface area contributed by atoms with Crippen molar-refractivity contribution in [2.24, 2.45) is 0 Å². The minimum absolute atomic E-state index is 0.210. The number of ether oxygens (including phenoxy) is 2. The van der Waals surface area contributed by atoms with Gasteiger partial charge in [0.15, 0.2) is 0 Å². The van der Waals surface area contributed by atoms with Gasteiger partial charge in [-0.05, 0) is 73.1 Å². The number of anilines is 1. The van der Waals surface area contributed by atoms with E-state index in [-0.39, 0.29) is 18.9 Å². The van der Waals surface area contributed by atoms with Crippen molar-refractivity contribution >= 4 is 29.2 Å². The van der Waals surface area contributed by atoms with Gasteiger partial charge in [0.1, 0.15) is 24.6 Å². The normalized spacial score (nSPS) is 21.4. The molecule has 2 aromatic carbocycles. The summed E-state index contributed by atoms with van der Waals surface area (Å²) in [4.78, 5) is 28.4. The van der Waals surface area contributed by atoms with Crippen LogP contribution in [0.5, 0.6) is 5.75 Å². The average Bonchev–Trinajstić information content (AvgIpc) is 2.96. The van der Waals surface area contributed by atoms with Crippen molar-refractivity contribution < 1.29 is 29.3 Å². The highest BCUT2D eigenvalue weighted by Gasteiger charge is 2.35. The number of benzene rings is 2. The van der Waals surface area contributed by atoms with Crippen LogP contribution in [0.15, 0.2) is 36.4 Å². The number of aryl methyl sites for hydroxylation is 1. The van der Waals surface area contributed by atoms with Gasteiger partial charge in [-0.25, -0.2) is 4.79 Å². The summed E-state index contributed by atoms with van der Waals surface area (Å²) in [5.74, 6) is -0.638. The molecular weight excluding hydrogens is 544 g/mol. The number of carboxylic acids is 1. The molecule has 8 nitrogen and oxygen atoms in total. The second-order valence-electron chi connectivity index (χ2n) is 11.4. The number of fused-ring (bicyclic) bond motifs is 2. The Hall–Kier alpha value is -2.81. The molecule has 0 spiro atoms. The first kappa shape index (κ1) is 31.1. The lowest BCUT2D eigenvalue weighted by Crippen LogP contribution is -2.40. The van der Waals surface area contributed by atoms with Crippen molar-refractivity contribution in [2.75, 3.05) is 44.8 Å². The molecule has 0 fully saturated rings. The number of halogens is 1. The lowest BCUT2D eigenvalue weighted by atomic mass is 9.89. The van der Waals surface area contributed by atoms with E-state index in [1.165, 1.54) is 5.56 Å². The van der Waals surface area contributed by atoms with Gasteiger partial charge in [-0.15, -0.1) is 0 Å². The Morgan fingerprint density at radius 1 is 0.976 bits per heavy atom. The molecule has 0 aromatic heterocycles. The van der Waals surface area contributed by atoms with E-state index < -0.39 is 18.2 Å². The van der Waals surface area contributed by atoms with Crippen LogP contribution in [0.4, 0.5) is 5.69 Å². The third kappa shape index (κ3) is 8.84. The SMILES string of the molecule is CN1CCCCCCCCN2CCCCc3cc(Cl)ccc3COc3ccc(cc32)[C@@](O)(COCC(=O)O)CC1=O. The number of hydrogen-bond donors (Lipinski definition) is 2. The van der Waals surface area contributed by atoms with Crippen LogP contribution in [0, 0.1) is 0 Å². The van der Waals surface area contributed by atoms with Crippen molar-refractivity contribution in [1.29, 1.82) is 0 Å². The topological polar surface area (TPSA) is 99.5 Å². The molecule has 0 saturated carbocycles. The summed E-state index contributed by atoms with van der Waals surface area (Å²) in [7, 11) is 1.75. The number of rotatable bonds is 4. The van der Waals surface area contributed by atoms with E-state index >= 15 is 0 Å². The summed E-state index contributed by atoms with van der Waals surface area (Å²) < 4.78 is 11.8. The number of hydrogen-bond acceptors (Lipinski definition) is 6. The highest BCUT2D eigenvalue weighted by atomic mass is 35.5. The monoisotopic (exact) mass is 586 g/mol. The minimum Gasteiger partial charge on any atom is -0.487 e. The highest BCUT2D eigenvalue weighted by Crippen LogP contribution is 2.37. The van der Waals surface area contributed by atoms with Crippen molar-refractivity contribution in [3.05, 3.63) is 58.1 Å². The first-order valence-corrected chi connectivity index (χ1v) is 15.2. The Bertz CT molecular complexity index is 1190. The summed E-state index contributed by atoms with van der Waals surface area (Å²) in [6.45, 7) is 1.81. The molecule has 2 aliphatic rings. The van der Waals surface area contributed by atoms with Crippen LogP contribution in [0.2, 0.25) is 5.02 Å². The highest BCUT2D eigenvalue weighted by molar-refractivity contribution is 6.30. The molecule has 0 radical (unpaired) electrons. The number of aliphatic hydroxyl groups is 1. The second kappa shape index (κ2) is 14.9. The quantitative estimate of drug-likeness (QED) is 0.484. The molecule has 2 aliphatic heterocycles. The summed E-state index contributed by atoms with van der Waals surface area (Å²) in [5.41, 5.74) is 1.96. The molecule has 1 atom stereocenters. The zero-order valence-electron chi connectivity index (χ0n) is 24.1. The number of carboxylic acid groups (broad SMARTS) is 1. The summed E-state index contributed by atoms with van der Waals surface area (Å²) in [5, 5.41) is 21.8. The molecule has 2 bridgehead atoms. The molecular formula is C32H43ClN2O6. The molecule has 41 heavy (non-hydrogen) atoms. The van der Waals surface area contributed by atoms with Crippen LogP contribution in [-0.4, -0.2) is 66.9 Å². The number of carbonyl (C=O) groups excluding carboxylic acids is 1. The van der Waals surface area contributed by atoms with Crippen molar-refractivity contribution in [2.45, 2.75) is 76.4 Å². The molecule has 0 aliphatic carbocycles. The second-order valence-corrected chi connectivity index (χ2v) is 11.8. The molecule has 2 aromatic rings. The molecule has 0 saturated heterocycles. The van der Waals surface area contributed by atoms with Gasteiger partial charge in [0.05, 0.1) is 18.7 Å². The van der Waals surface area contributed by atoms with E-state index in [1.807, 2.05) is 30.3 Å². The van der Waals surface area contributed by atoms with Crippen LogP contribution in [0.25, 0.3) is 0 Å². The van der Waals surface area contributed by atoms with E-state index in [0.717, 1.165) is 87.2 Å². The Morgan fingerprint density at radius 3 is 2.44 bits per heavy atom. The standard InChI is InChI=1S/C32H43ClN2O6/c1-34-15-7-4-2-3-5-8-16-35-17-9-6-10-24-18-27(33)13-11-25(24)21-41-29-14-12-26(19-28(29)35)32(39,20-30(34)36)23-40-22-31(37)38/h11-14,18-19,39H,2-10,15-17,20-23H2,1H3,(H,37,38)/t32-/m0/s1. The van der Waals surface area contributed by atoms with E-state index in [1.54, 1.807) is 18.0 Å². The molecule has 2 heterocycles. The largest absolute Gasteiger partial charge is 0.487 e. The van der Waals surface area contributed by atoms with Crippen LogP contribution in [0.3, 0.4) is 0 Å². The fraction of sp³-hybridized carbons (Fsp3) is 0.562. The fourth-order valence-electron chi connectivity index (χ4n) is 5.68. The van der Waals surface area contributed by atoms with Crippen molar-refractivity contribution in [3.8, 4) is 5.75 Å². The van der Waals surface area contributed by atoms with Crippen molar-refractivity contribution in [3.63, 3.8) is 0 Å². The maximum Gasteiger partial charge on any atom is 0.329 e. The Morgan fingerprint density at radius 2 is 1.68 bits per heavy atom. The van der Waals surface area contributed by atoms with Gasteiger partial charge in [0.2, 0.25) is 5.91 Å². The minimum atomic E-state index is -1.70. The molecule has 2 N–H and O–H groups in total. The summed E-state index contributed by atoms with van der Waals surface area (Å²) in [6.07, 6.45) is 9.10. The third-order valence-electron chi connectivity index (χ3n) is 8.12. The first-order valence-electron chi connectivity index (χ1n) is 14.8. The molecule has 4 rings (SSSR count).